The minimum atomic E-state index is -3.81. The highest BCUT2D eigenvalue weighted by Crippen LogP contribution is 2.55. The fourth-order valence-corrected chi connectivity index (χ4v) is 3.75. The van der Waals surface area contributed by atoms with E-state index in [1.165, 1.54) is 25.1 Å². The number of amides is 1. The SMILES string of the molecule is CCOP(=O)(OCC)C(Cl)C(=O)Nc1ccc(Cl)cc1C(C)=O. The van der Waals surface area contributed by atoms with Gasteiger partial charge in [0.2, 0.25) is 5.12 Å². The molecule has 1 amide bonds. The summed E-state index contributed by atoms with van der Waals surface area (Å²) in [6, 6.07) is 4.40. The largest absolute Gasteiger partial charge is 0.357 e. The molecule has 0 aliphatic rings. The molecule has 1 unspecified atom stereocenters. The fourth-order valence-electron chi connectivity index (χ4n) is 1.78. The molecule has 0 bridgehead atoms. The second-order valence-corrected chi connectivity index (χ2v) is 7.74. The molecule has 0 saturated carbocycles. The van der Waals surface area contributed by atoms with Crippen molar-refractivity contribution >= 4 is 48.2 Å². The predicted octanol–water partition coefficient (Wildman–Crippen LogP) is 4.31. The number of ketones is 1. The summed E-state index contributed by atoms with van der Waals surface area (Å²) in [5.41, 5.74) is 0.439. The summed E-state index contributed by atoms with van der Waals surface area (Å²) in [6.45, 7) is 4.71. The van der Waals surface area contributed by atoms with E-state index in [9.17, 15) is 14.2 Å². The van der Waals surface area contributed by atoms with Crippen molar-refractivity contribution in [3.8, 4) is 0 Å². The highest BCUT2D eigenvalue weighted by Gasteiger charge is 2.40. The zero-order chi connectivity index (χ0) is 17.6. The van der Waals surface area contributed by atoms with E-state index in [0.717, 1.165) is 0 Å². The monoisotopic (exact) mass is 381 g/mol. The maximum absolute atomic E-state index is 12.5. The summed E-state index contributed by atoms with van der Waals surface area (Å²) >= 11 is 11.8. The van der Waals surface area contributed by atoms with E-state index in [0.29, 0.717) is 5.02 Å². The second-order valence-electron chi connectivity index (χ2n) is 4.45. The fraction of sp³-hybridized carbons (Fsp3) is 0.429. The van der Waals surface area contributed by atoms with E-state index in [2.05, 4.69) is 5.32 Å². The second kappa shape index (κ2) is 8.81. The number of anilines is 1. The lowest BCUT2D eigenvalue weighted by Crippen LogP contribution is -2.26. The summed E-state index contributed by atoms with van der Waals surface area (Å²) in [6.07, 6.45) is 0. The van der Waals surface area contributed by atoms with Crippen LogP contribution in [0.3, 0.4) is 0 Å². The van der Waals surface area contributed by atoms with Crippen LogP contribution in [-0.4, -0.2) is 30.0 Å². The van der Waals surface area contributed by atoms with Crippen molar-refractivity contribution < 1.29 is 23.2 Å². The molecule has 0 aliphatic heterocycles. The van der Waals surface area contributed by atoms with Gasteiger partial charge in [0, 0.05) is 10.6 Å². The van der Waals surface area contributed by atoms with E-state index in [1.54, 1.807) is 13.8 Å². The van der Waals surface area contributed by atoms with Crippen LogP contribution >= 0.6 is 30.8 Å². The molecule has 1 atom stereocenters. The first kappa shape index (κ1) is 20.1. The average Bonchev–Trinajstić information content (AvgIpc) is 2.48. The first-order valence-electron chi connectivity index (χ1n) is 6.89. The number of halogens is 2. The molecule has 1 rings (SSSR count). The third-order valence-electron chi connectivity index (χ3n) is 2.73. The lowest BCUT2D eigenvalue weighted by molar-refractivity contribution is -0.114. The smallest absolute Gasteiger partial charge is 0.324 e. The number of alkyl halides is 1. The van der Waals surface area contributed by atoms with Gasteiger partial charge in [0.1, 0.15) is 0 Å². The molecule has 6 nitrogen and oxygen atoms in total. The van der Waals surface area contributed by atoms with Crippen LogP contribution in [-0.2, 0) is 18.4 Å². The van der Waals surface area contributed by atoms with E-state index in [-0.39, 0.29) is 30.2 Å². The van der Waals surface area contributed by atoms with Gasteiger partial charge in [-0.2, -0.15) is 0 Å². The van der Waals surface area contributed by atoms with Gasteiger partial charge < -0.3 is 14.4 Å². The molecule has 1 aromatic rings. The number of rotatable bonds is 8. The standard InChI is InChI=1S/C14H18Cl2NO5P/c1-4-21-23(20,22-5-2)13(16)14(19)17-12-7-6-10(15)8-11(12)9(3)18/h6-8,13H,4-5H2,1-3H3,(H,17,19). The van der Waals surface area contributed by atoms with Crippen molar-refractivity contribution in [1.29, 1.82) is 0 Å². The Morgan fingerprint density at radius 2 is 1.83 bits per heavy atom. The van der Waals surface area contributed by atoms with Gasteiger partial charge in [-0.25, -0.2) is 0 Å². The van der Waals surface area contributed by atoms with Gasteiger partial charge >= 0.3 is 7.60 Å². The van der Waals surface area contributed by atoms with E-state index in [1.807, 2.05) is 0 Å². The van der Waals surface area contributed by atoms with Crippen LogP contribution in [0.2, 0.25) is 5.02 Å². The number of carbonyl (C=O) groups is 2. The van der Waals surface area contributed by atoms with Crippen LogP contribution in [0.25, 0.3) is 0 Å². The van der Waals surface area contributed by atoms with Crippen LogP contribution in [0.4, 0.5) is 5.69 Å². The van der Waals surface area contributed by atoms with Gasteiger partial charge in [-0.1, -0.05) is 23.2 Å². The van der Waals surface area contributed by atoms with Crippen molar-refractivity contribution in [2.45, 2.75) is 25.9 Å². The van der Waals surface area contributed by atoms with E-state index >= 15 is 0 Å². The molecule has 0 saturated heterocycles. The van der Waals surface area contributed by atoms with Crippen LogP contribution in [0.1, 0.15) is 31.1 Å². The minimum Gasteiger partial charge on any atom is -0.324 e. The first-order valence-corrected chi connectivity index (χ1v) is 9.32. The van der Waals surface area contributed by atoms with Crippen LogP contribution in [0, 0.1) is 0 Å². The van der Waals surface area contributed by atoms with Crippen LogP contribution in [0.5, 0.6) is 0 Å². The molecule has 0 aromatic heterocycles. The molecular weight excluding hydrogens is 364 g/mol. The Balaban J connectivity index is 3.03. The van der Waals surface area contributed by atoms with Gasteiger partial charge in [0.05, 0.1) is 18.9 Å². The molecule has 128 valence electrons. The Kier molecular flexibility index (Phi) is 7.71. The highest BCUT2D eigenvalue weighted by molar-refractivity contribution is 7.57. The van der Waals surface area contributed by atoms with Crippen LogP contribution < -0.4 is 5.32 Å². The highest BCUT2D eigenvalue weighted by atomic mass is 35.5. The van der Waals surface area contributed by atoms with Gasteiger partial charge in [0.25, 0.3) is 5.91 Å². The molecule has 0 fully saturated rings. The van der Waals surface area contributed by atoms with Gasteiger partial charge in [-0.3, -0.25) is 14.2 Å². The molecule has 1 N–H and O–H groups in total. The topological polar surface area (TPSA) is 81.7 Å². The van der Waals surface area contributed by atoms with Crippen molar-refractivity contribution in [3.05, 3.63) is 28.8 Å². The van der Waals surface area contributed by atoms with E-state index in [4.69, 9.17) is 32.2 Å². The van der Waals surface area contributed by atoms with E-state index < -0.39 is 18.6 Å². The summed E-state index contributed by atoms with van der Waals surface area (Å²) in [7, 11) is -3.81. The van der Waals surface area contributed by atoms with Gasteiger partial charge in [-0.05, 0) is 39.0 Å². The lowest BCUT2D eigenvalue weighted by atomic mass is 10.1. The minimum absolute atomic E-state index is 0.0768. The van der Waals surface area contributed by atoms with Crippen molar-refractivity contribution in [2.75, 3.05) is 18.5 Å². The Hall–Kier alpha value is -0.910. The van der Waals surface area contributed by atoms with Crippen molar-refractivity contribution in [3.63, 3.8) is 0 Å². The lowest BCUT2D eigenvalue weighted by Gasteiger charge is -2.21. The molecule has 0 heterocycles. The summed E-state index contributed by atoms with van der Waals surface area (Å²) in [5, 5.41) is 1.27. The Bertz CT molecular complexity index is 628. The quantitative estimate of drug-likeness (QED) is 0.412. The normalized spacial score (nSPS) is 12.7. The predicted molar refractivity (Wildman–Crippen MR) is 90.6 cm³/mol. The number of Topliss-reactive ketones (excluding diaryl/α,β-unsaturated/α-hetero) is 1. The van der Waals surface area contributed by atoms with Crippen molar-refractivity contribution in [1.82, 2.24) is 0 Å². The van der Waals surface area contributed by atoms with Crippen molar-refractivity contribution in [2.24, 2.45) is 0 Å². The molecule has 0 aliphatic carbocycles. The molecule has 0 radical (unpaired) electrons. The first-order chi connectivity index (χ1) is 10.7. The van der Waals surface area contributed by atoms with Gasteiger partial charge in [-0.15, -0.1) is 0 Å². The zero-order valence-corrected chi connectivity index (χ0v) is 15.4. The molecule has 9 heteroatoms. The number of hydrogen-bond acceptors (Lipinski definition) is 5. The number of nitrogens with one attached hydrogen (secondary N) is 1. The Morgan fingerprint density at radius 1 is 1.26 bits per heavy atom. The maximum Gasteiger partial charge on any atom is 0.357 e. The number of hydrogen-bond donors (Lipinski definition) is 1. The molecule has 1 aromatic carbocycles. The molecule has 23 heavy (non-hydrogen) atoms. The number of carbonyl (C=O) groups excluding carboxylic acids is 2. The summed E-state index contributed by atoms with van der Waals surface area (Å²) in [5.74, 6) is -1.08. The average molecular weight is 382 g/mol. The maximum atomic E-state index is 12.5. The third kappa shape index (κ3) is 5.30. The Morgan fingerprint density at radius 3 is 2.30 bits per heavy atom. The van der Waals surface area contributed by atoms with Gasteiger partial charge in [0.15, 0.2) is 5.78 Å². The van der Waals surface area contributed by atoms with Crippen LogP contribution in [0.15, 0.2) is 18.2 Å². The Labute approximate surface area is 145 Å². The number of benzene rings is 1. The molecule has 0 spiro atoms. The third-order valence-corrected chi connectivity index (χ3v) is 5.91. The zero-order valence-electron chi connectivity index (χ0n) is 13.0. The summed E-state index contributed by atoms with van der Waals surface area (Å²) in [4.78, 5) is 23.9. The summed E-state index contributed by atoms with van der Waals surface area (Å²) < 4.78 is 22.6. The molecular formula is C14H18Cl2NO5P.